The van der Waals surface area contributed by atoms with E-state index in [1.807, 2.05) is 0 Å². The molecule has 1 atom stereocenters. The van der Waals surface area contributed by atoms with Gasteiger partial charge in [-0.2, -0.15) is 13.2 Å². The Morgan fingerprint density at radius 1 is 1.07 bits per heavy atom. The molecule has 2 nitrogen and oxygen atoms in total. The fourth-order valence-corrected chi connectivity index (χ4v) is 1.12. The highest BCUT2D eigenvalue weighted by Crippen LogP contribution is 2.41. The van der Waals surface area contributed by atoms with Crippen LogP contribution in [0.2, 0.25) is 0 Å². The Labute approximate surface area is 83.3 Å². The second-order valence-electron chi connectivity index (χ2n) is 3.05. The molecule has 1 aromatic rings. The normalized spacial score (nSPS) is 16.1. The molecule has 0 aromatic heterocycles. The van der Waals surface area contributed by atoms with Crippen LogP contribution in [0.4, 0.5) is 17.6 Å². The van der Waals surface area contributed by atoms with Crippen LogP contribution in [0.15, 0.2) is 24.3 Å². The summed E-state index contributed by atoms with van der Waals surface area (Å²) in [5.74, 6) is -0.236. The molecule has 0 fully saturated rings. The summed E-state index contributed by atoms with van der Waals surface area (Å²) < 4.78 is 50.7. The van der Waals surface area contributed by atoms with Gasteiger partial charge in [0.05, 0.1) is 0 Å². The SMILES string of the molecule is NCC(F)(c1ccc(O)cc1)C(F)(F)F. The summed E-state index contributed by atoms with van der Waals surface area (Å²) in [7, 11) is 0. The van der Waals surface area contributed by atoms with Gasteiger partial charge in [0.2, 0.25) is 5.67 Å². The number of halogens is 4. The van der Waals surface area contributed by atoms with E-state index in [1.54, 1.807) is 0 Å². The maximum Gasteiger partial charge on any atom is 0.428 e. The molecule has 1 aromatic carbocycles. The van der Waals surface area contributed by atoms with Crippen LogP contribution in [-0.2, 0) is 5.67 Å². The predicted molar refractivity (Wildman–Crippen MR) is 46.0 cm³/mol. The molecule has 84 valence electrons. The molecule has 0 bridgehead atoms. The molecule has 3 N–H and O–H groups in total. The van der Waals surface area contributed by atoms with Crippen molar-refractivity contribution in [3.63, 3.8) is 0 Å². The highest BCUT2D eigenvalue weighted by Gasteiger charge is 2.56. The smallest absolute Gasteiger partial charge is 0.428 e. The van der Waals surface area contributed by atoms with Gasteiger partial charge >= 0.3 is 6.18 Å². The van der Waals surface area contributed by atoms with E-state index >= 15 is 0 Å². The first-order chi connectivity index (χ1) is 6.81. The van der Waals surface area contributed by atoms with E-state index in [0.29, 0.717) is 0 Å². The highest BCUT2D eigenvalue weighted by molar-refractivity contribution is 5.31. The van der Waals surface area contributed by atoms with Crippen LogP contribution in [-0.4, -0.2) is 17.8 Å². The van der Waals surface area contributed by atoms with Crippen molar-refractivity contribution in [3.8, 4) is 5.75 Å². The lowest BCUT2D eigenvalue weighted by Crippen LogP contribution is -2.44. The monoisotopic (exact) mass is 223 g/mol. The Hall–Kier alpha value is -1.30. The third-order valence-corrected chi connectivity index (χ3v) is 2.06. The number of phenols is 1. The molecular formula is C9H9F4NO. The molecular weight excluding hydrogens is 214 g/mol. The molecule has 0 saturated carbocycles. The van der Waals surface area contributed by atoms with Crippen molar-refractivity contribution in [2.24, 2.45) is 5.73 Å². The molecule has 0 heterocycles. The summed E-state index contributed by atoms with van der Waals surface area (Å²) in [5, 5.41) is 8.86. The number of nitrogens with two attached hydrogens (primary N) is 1. The molecule has 0 spiro atoms. The lowest BCUT2D eigenvalue weighted by molar-refractivity contribution is -0.231. The first-order valence-electron chi connectivity index (χ1n) is 4.06. The number of aromatic hydroxyl groups is 1. The molecule has 0 aliphatic rings. The summed E-state index contributed by atoms with van der Waals surface area (Å²) in [6.07, 6.45) is -5.07. The summed E-state index contributed by atoms with van der Waals surface area (Å²) in [5.41, 5.74) is 0.622. The Bertz CT molecular complexity index is 335. The van der Waals surface area contributed by atoms with E-state index in [0.717, 1.165) is 24.3 Å². The van der Waals surface area contributed by atoms with Gasteiger partial charge in [-0.25, -0.2) is 4.39 Å². The molecule has 15 heavy (non-hydrogen) atoms. The van der Waals surface area contributed by atoms with Crippen LogP contribution >= 0.6 is 0 Å². The Balaban J connectivity index is 3.18. The fraction of sp³-hybridized carbons (Fsp3) is 0.333. The third kappa shape index (κ3) is 2.04. The Morgan fingerprint density at radius 3 is 1.87 bits per heavy atom. The van der Waals surface area contributed by atoms with Crippen molar-refractivity contribution in [1.29, 1.82) is 0 Å². The number of hydrogen-bond acceptors (Lipinski definition) is 2. The number of benzene rings is 1. The summed E-state index contributed by atoms with van der Waals surface area (Å²) in [4.78, 5) is 0. The third-order valence-electron chi connectivity index (χ3n) is 2.06. The Kier molecular flexibility index (Phi) is 2.90. The molecule has 0 radical (unpaired) electrons. The molecule has 6 heteroatoms. The zero-order chi connectivity index (χ0) is 11.7. The van der Waals surface area contributed by atoms with Crippen LogP contribution < -0.4 is 5.73 Å². The lowest BCUT2D eigenvalue weighted by Gasteiger charge is -2.26. The minimum absolute atomic E-state index is 0.236. The standard InChI is InChI=1S/C9H9F4NO/c10-8(5-14,9(11,12)13)6-1-3-7(15)4-2-6/h1-4,15H,5,14H2. The lowest BCUT2D eigenvalue weighted by atomic mass is 9.95. The van der Waals surface area contributed by atoms with Gasteiger partial charge < -0.3 is 10.8 Å². The number of phenolic OH excluding ortho intramolecular Hbond substituents is 1. The van der Waals surface area contributed by atoms with E-state index < -0.39 is 24.0 Å². The maximum atomic E-state index is 13.6. The maximum absolute atomic E-state index is 13.6. The van der Waals surface area contributed by atoms with Gasteiger partial charge in [0.1, 0.15) is 5.75 Å². The van der Waals surface area contributed by atoms with Gasteiger partial charge in [-0.1, -0.05) is 12.1 Å². The van der Waals surface area contributed by atoms with Gasteiger partial charge in [0.15, 0.2) is 0 Å². The van der Waals surface area contributed by atoms with Crippen molar-refractivity contribution in [3.05, 3.63) is 29.8 Å². The minimum Gasteiger partial charge on any atom is -0.508 e. The van der Waals surface area contributed by atoms with Gasteiger partial charge in [0, 0.05) is 6.54 Å². The van der Waals surface area contributed by atoms with Crippen molar-refractivity contribution in [2.75, 3.05) is 6.54 Å². The molecule has 1 unspecified atom stereocenters. The molecule has 0 aliphatic heterocycles. The second-order valence-corrected chi connectivity index (χ2v) is 3.05. The van der Waals surface area contributed by atoms with Gasteiger partial charge in [0.25, 0.3) is 0 Å². The summed E-state index contributed by atoms with van der Waals surface area (Å²) in [6.45, 7) is -1.19. The van der Waals surface area contributed by atoms with Crippen LogP contribution in [0.25, 0.3) is 0 Å². The average molecular weight is 223 g/mol. The number of rotatable bonds is 2. The Morgan fingerprint density at radius 2 is 1.53 bits per heavy atom. The first kappa shape index (κ1) is 11.8. The molecule has 0 aliphatic carbocycles. The van der Waals surface area contributed by atoms with Crippen molar-refractivity contribution in [2.45, 2.75) is 11.8 Å². The average Bonchev–Trinajstić information content (AvgIpc) is 2.16. The first-order valence-corrected chi connectivity index (χ1v) is 4.06. The second kappa shape index (κ2) is 3.69. The van der Waals surface area contributed by atoms with Crippen LogP contribution in [0.1, 0.15) is 5.56 Å². The van der Waals surface area contributed by atoms with Gasteiger partial charge in [-0.05, 0) is 17.7 Å². The van der Waals surface area contributed by atoms with E-state index in [9.17, 15) is 17.6 Å². The minimum atomic E-state index is -5.07. The van der Waals surface area contributed by atoms with Gasteiger partial charge in [-0.15, -0.1) is 0 Å². The van der Waals surface area contributed by atoms with Crippen LogP contribution in [0, 0.1) is 0 Å². The van der Waals surface area contributed by atoms with E-state index in [1.165, 1.54) is 0 Å². The largest absolute Gasteiger partial charge is 0.508 e. The highest BCUT2D eigenvalue weighted by atomic mass is 19.4. The van der Waals surface area contributed by atoms with Crippen molar-refractivity contribution < 1.29 is 22.7 Å². The van der Waals surface area contributed by atoms with Crippen molar-refractivity contribution >= 4 is 0 Å². The summed E-state index contributed by atoms with van der Waals surface area (Å²) in [6, 6.07) is 3.67. The van der Waals surface area contributed by atoms with Crippen LogP contribution in [0.5, 0.6) is 5.75 Å². The van der Waals surface area contributed by atoms with E-state index in [2.05, 4.69) is 0 Å². The van der Waals surface area contributed by atoms with Gasteiger partial charge in [-0.3, -0.25) is 0 Å². The van der Waals surface area contributed by atoms with Crippen molar-refractivity contribution in [1.82, 2.24) is 0 Å². The zero-order valence-electron chi connectivity index (χ0n) is 7.55. The molecule has 0 saturated heterocycles. The van der Waals surface area contributed by atoms with E-state index in [4.69, 9.17) is 10.8 Å². The topological polar surface area (TPSA) is 46.2 Å². The molecule has 1 rings (SSSR count). The number of hydrogen-bond donors (Lipinski definition) is 2. The fourth-order valence-electron chi connectivity index (χ4n) is 1.12. The predicted octanol–water partition coefficient (Wildman–Crippen LogP) is 2.08. The quantitative estimate of drug-likeness (QED) is 0.754. The zero-order valence-corrected chi connectivity index (χ0v) is 7.55. The van der Waals surface area contributed by atoms with E-state index in [-0.39, 0.29) is 5.75 Å². The number of alkyl halides is 4. The molecule has 0 amide bonds. The van der Waals surface area contributed by atoms with Crippen LogP contribution in [0.3, 0.4) is 0 Å². The summed E-state index contributed by atoms with van der Waals surface area (Å²) >= 11 is 0.